The Morgan fingerprint density at radius 1 is 1.05 bits per heavy atom. The number of aryl methyl sites for hydroxylation is 1. The summed E-state index contributed by atoms with van der Waals surface area (Å²) in [6.45, 7) is 1.72. The van der Waals surface area contributed by atoms with Gasteiger partial charge in [0.1, 0.15) is 5.75 Å². The Balaban J connectivity index is 2.36. The van der Waals surface area contributed by atoms with Gasteiger partial charge in [-0.1, -0.05) is 34.8 Å². The number of ether oxygens (including phenoxy) is 1. The number of pyridine rings is 1. The third-order valence-electron chi connectivity index (χ3n) is 2.36. The normalized spacial score (nSPS) is 10.6. The summed E-state index contributed by atoms with van der Waals surface area (Å²) in [6.07, 6.45) is 0. The van der Waals surface area contributed by atoms with Crippen molar-refractivity contribution < 1.29 is 9.84 Å². The van der Waals surface area contributed by atoms with Gasteiger partial charge in [-0.25, -0.2) is 4.98 Å². The van der Waals surface area contributed by atoms with Crippen molar-refractivity contribution in [2.75, 3.05) is 0 Å². The van der Waals surface area contributed by atoms with Crippen LogP contribution in [0.1, 0.15) is 11.3 Å². The molecule has 0 saturated carbocycles. The van der Waals surface area contributed by atoms with Gasteiger partial charge in [0.25, 0.3) is 0 Å². The fourth-order valence-corrected chi connectivity index (χ4v) is 2.12. The fraction of sp³-hybridized carbons (Fsp3) is 0.154. The molecule has 0 aliphatic rings. The molecule has 19 heavy (non-hydrogen) atoms. The first-order valence-electron chi connectivity index (χ1n) is 5.40. The van der Waals surface area contributed by atoms with Crippen LogP contribution in [-0.4, -0.2) is 10.1 Å². The van der Waals surface area contributed by atoms with Gasteiger partial charge >= 0.3 is 0 Å². The van der Waals surface area contributed by atoms with Crippen LogP contribution in [0.25, 0.3) is 0 Å². The van der Waals surface area contributed by atoms with Gasteiger partial charge in [-0.3, -0.25) is 0 Å². The van der Waals surface area contributed by atoms with Crippen molar-refractivity contribution in [3.63, 3.8) is 0 Å². The number of halogens is 3. The molecule has 1 aromatic carbocycles. The van der Waals surface area contributed by atoms with E-state index < -0.39 is 0 Å². The van der Waals surface area contributed by atoms with Gasteiger partial charge in [0.05, 0.1) is 21.7 Å². The molecule has 0 saturated heterocycles. The van der Waals surface area contributed by atoms with Crippen LogP contribution >= 0.6 is 34.8 Å². The smallest absolute Gasteiger partial charge is 0.219 e. The summed E-state index contributed by atoms with van der Waals surface area (Å²) in [5.41, 5.74) is 1.44. The van der Waals surface area contributed by atoms with E-state index in [0.717, 1.165) is 5.69 Å². The fourth-order valence-electron chi connectivity index (χ4n) is 1.55. The van der Waals surface area contributed by atoms with E-state index in [1.165, 1.54) is 12.1 Å². The summed E-state index contributed by atoms with van der Waals surface area (Å²) in [7, 11) is 0. The third-order valence-corrected chi connectivity index (χ3v) is 3.38. The Hall–Kier alpha value is -1.000. The molecule has 100 valence electrons. The molecule has 1 aromatic heterocycles. The van der Waals surface area contributed by atoms with Gasteiger partial charge in [-0.2, -0.15) is 0 Å². The molecular formula is C13H10Cl3NO2. The minimum absolute atomic E-state index is 0.0885. The van der Waals surface area contributed by atoms with E-state index in [2.05, 4.69) is 4.98 Å². The number of rotatable bonds is 3. The number of nitrogens with zero attached hydrogens (tertiary/aromatic N) is 1. The first-order chi connectivity index (χ1) is 8.99. The van der Waals surface area contributed by atoms with Crippen LogP contribution in [0.3, 0.4) is 0 Å². The van der Waals surface area contributed by atoms with Crippen molar-refractivity contribution in [3.05, 3.63) is 50.6 Å². The highest BCUT2D eigenvalue weighted by Gasteiger charge is 2.09. The average molecular weight is 319 g/mol. The summed E-state index contributed by atoms with van der Waals surface area (Å²) >= 11 is 17.8. The second kappa shape index (κ2) is 5.97. The maximum atomic E-state index is 9.14. The van der Waals surface area contributed by atoms with Gasteiger partial charge < -0.3 is 9.84 Å². The third kappa shape index (κ3) is 3.51. The molecule has 0 atom stereocenters. The largest absolute Gasteiger partial charge is 0.437 e. The molecule has 0 radical (unpaired) electrons. The lowest BCUT2D eigenvalue weighted by Crippen LogP contribution is -1.94. The Morgan fingerprint density at radius 2 is 1.74 bits per heavy atom. The summed E-state index contributed by atoms with van der Waals surface area (Å²) in [5.74, 6) is 0.697. The first kappa shape index (κ1) is 14.4. The van der Waals surface area contributed by atoms with E-state index in [0.29, 0.717) is 32.3 Å². The maximum Gasteiger partial charge on any atom is 0.219 e. The second-order valence-corrected chi connectivity index (χ2v) is 5.13. The Bertz CT molecular complexity index is 617. The molecule has 1 heterocycles. The molecule has 0 aliphatic heterocycles. The van der Waals surface area contributed by atoms with Crippen molar-refractivity contribution in [1.82, 2.24) is 4.98 Å². The van der Waals surface area contributed by atoms with Gasteiger partial charge in [0, 0.05) is 17.8 Å². The number of aliphatic hydroxyl groups is 1. The zero-order valence-electron chi connectivity index (χ0n) is 9.95. The summed E-state index contributed by atoms with van der Waals surface area (Å²) in [6, 6.07) is 6.42. The monoisotopic (exact) mass is 317 g/mol. The Kier molecular flexibility index (Phi) is 4.53. The zero-order valence-corrected chi connectivity index (χ0v) is 12.2. The van der Waals surface area contributed by atoms with Crippen LogP contribution in [0.15, 0.2) is 24.3 Å². The standard InChI is InChI=1S/C13H10Cl3NO2/c1-7-2-8(6-18)3-13(17-7)19-12-5-10(15)9(14)4-11(12)16/h2-5,18H,6H2,1H3. The highest BCUT2D eigenvalue weighted by molar-refractivity contribution is 6.43. The molecule has 2 rings (SSSR count). The van der Waals surface area contributed by atoms with E-state index in [-0.39, 0.29) is 6.61 Å². The average Bonchev–Trinajstić information content (AvgIpc) is 2.35. The van der Waals surface area contributed by atoms with Crippen LogP contribution in [0, 0.1) is 6.92 Å². The van der Waals surface area contributed by atoms with Crippen molar-refractivity contribution >= 4 is 34.8 Å². The van der Waals surface area contributed by atoms with Crippen molar-refractivity contribution in [2.24, 2.45) is 0 Å². The lowest BCUT2D eigenvalue weighted by atomic mass is 10.2. The topological polar surface area (TPSA) is 42.4 Å². The van der Waals surface area contributed by atoms with Gasteiger partial charge in [-0.05, 0) is 24.6 Å². The van der Waals surface area contributed by atoms with Gasteiger partial charge in [0.15, 0.2) is 0 Å². The highest BCUT2D eigenvalue weighted by atomic mass is 35.5. The van der Waals surface area contributed by atoms with Gasteiger partial charge in [0.2, 0.25) is 5.88 Å². The molecular weight excluding hydrogens is 309 g/mol. The molecule has 1 N–H and O–H groups in total. The number of aliphatic hydroxyl groups excluding tert-OH is 1. The van der Waals surface area contributed by atoms with Crippen molar-refractivity contribution in [1.29, 1.82) is 0 Å². The van der Waals surface area contributed by atoms with Gasteiger partial charge in [-0.15, -0.1) is 0 Å². The number of hydrogen-bond acceptors (Lipinski definition) is 3. The van der Waals surface area contributed by atoms with Crippen LogP contribution in [-0.2, 0) is 6.61 Å². The molecule has 0 amide bonds. The minimum Gasteiger partial charge on any atom is -0.437 e. The molecule has 0 fully saturated rings. The second-order valence-electron chi connectivity index (χ2n) is 3.91. The van der Waals surface area contributed by atoms with E-state index in [9.17, 15) is 0 Å². The SMILES string of the molecule is Cc1cc(CO)cc(Oc2cc(Cl)c(Cl)cc2Cl)n1. The minimum atomic E-state index is -0.0885. The van der Waals surface area contributed by atoms with Crippen molar-refractivity contribution in [3.8, 4) is 11.6 Å². The predicted octanol–water partition coefficient (Wildman–Crippen LogP) is 4.63. The molecule has 0 spiro atoms. The quantitative estimate of drug-likeness (QED) is 0.839. The number of benzene rings is 1. The predicted molar refractivity (Wildman–Crippen MR) is 76.4 cm³/mol. The lowest BCUT2D eigenvalue weighted by molar-refractivity contribution is 0.281. The summed E-state index contributed by atoms with van der Waals surface area (Å²) in [5, 5.41) is 10.2. The van der Waals surface area contributed by atoms with Crippen LogP contribution in [0.2, 0.25) is 15.1 Å². The van der Waals surface area contributed by atoms with Crippen LogP contribution in [0.4, 0.5) is 0 Å². The van der Waals surface area contributed by atoms with E-state index >= 15 is 0 Å². The summed E-state index contributed by atoms with van der Waals surface area (Å²) < 4.78 is 5.57. The van der Waals surface area contributed by atoms with Crippen LogP contribution in [0.5, 0.6) is 11.6 Å². The van der Waals surface area contributed by atoms with Crippen molar-refractivity contribution in [2.45, 2.75) is 13.5 Å². The molecule has 0 aliphatic carbocycles. The van der Waals surface area contributed by atoms with E-state index in [4.69, 9.17) is 44.6 Å². The molecule has 2 aromatic rings. The molecule has 6 heteroatoms. The highest BCUT2D eigenvalue weighted by Crippen LogP contribution is 2.36. The molecule has 0 bridgehead atoms. The zero-order chi connectivity index (χ0) is 14.0. The number of hydrogen-bond donors (Lipinski definition) is 1. The maximum absolute atomic E-state index is 9.14. The molecule has 0 unspecified atom stereocenters. The van der Waals surface area contributed by atoms with E-state index in [1.54, 1.807) is 12.1 Å². The Labute approximate surface area is 125 Å². The van der Waals surface area contributed by atoms with Crippen LogP contribution < -0.4 is 4.74 Å². The van der Waals surface area contributed by atoms with E-state index in [1.807, 2.05) is 6.92 Å². The number of aromatic nitrogens is 1. The Morgan fingerprint density at radius 3 is 2.42 bits per heavy atom. The summed E-state index contributed by atoms with van der Waals surface area (Å²) in [4.78, 5) is 4.20. The lowest BCUT2D eigenvalue weighted by Gasteiger charge is -2.09. The molecule has 3 nitrogen and oxygen atoms in total. The first-order valence-corrected chi connectivity index (χ1v) is 6.54.